The Hall–Kier alpha value is -2.20. The molecule has 0 aliphatic rings. The van der Waals surface area contributed by atoms with Gasteiger partial charge in [0, 0.05) is 5.02 Å². The molecule has 0 aliphatic carbocycles. The fourth-order valence-corrected chi connectivity index (χ4v) is 2.63. The zero-order valence-corrected chi connectivity index (χ0v) is 13.1. The van der Waals surface area contributed by atoms with Crippen molar-refractivity contribution in [2.24, 2.45) is 0 Å². The largest absolute Gasteiger partial charge is 0.508 e. The predicted molar refractivity (Wildman–Crippen MR) is 84.9 cm³/mol. The number of carboxylic acids is 1. The van der Waals surface area contributed by atoms with Gasteiger partial charge in [0.2, 0.25) is 0 Å². The van der Waals surface area contributed by atoms with Crippen LogP contribution in [0.4, 0.5) is 0 Å². The molecule has 2 rings (SSSR count). The maximum absolute atomic E-state index is 11.7. The molecule has 1 unspecified atom stereocenters. The second kappa shape index (κ2) is 6.71. The molecule has 0 aliphatic heterocycles. The number of rotatable bonds is 5. The molecule has 0 spiro atoms. The maximum atomic E-state index is 11.7. The van der Waals surface area contributed by atoms with Crippen molar-refractivity contribution in [3.63, 3.8) is 0 Å². The summed E-state index contributed by atoms with van der Waals surface area (Å²) in [6.07, 6.45) is 0.162. The van der Waals surface area contributed by atoms with Gasteiger partial charge < -0.3 is 14.9 Å². The Labute approximate surface area is 133 Å². The van der Waals surface area contributed by atoms with Crippen LogP contribution in [0.1, 0.15) is 22.6 Å². The third-order valence-corrected chi connectivity index (χ3v) is 3.85. The number of phenols is 1. The molecule has 0 fully saturated rings. The van der Waals surface area contributed by atoms with Crippen molar-refractivity contribution in [3.05, 3.63) is 58.1 Å². The van der Waals surface area contributed by atoms with Gasteiger partial charge in [-0.1, -0.05) is 17.7 Å². The minimum Gasteiger partial charge on any atom is -0.508 e. The third-order valence-electron chi connectivity index (χ3n) is 3.62. The highest BCUT2D eigenvalue weighted by Gasteiger charge is 2.23. The highest BCUT2D eigenvalue weighted by atomic mass is 35.5. The lowest BCUT2D eigenvalue weighted by molar-refractivity contribution is -0.138. The van der Waals surface area contributed by atoms with Gasteiger partial charge >= 0.3 is 5.97 Å². The Morgan fingerprint density at radius 1 is 1.27 bits per heavy atom. The first kappa shape index (κ1) is 16.2. The van der Waals surface area contributed by atoms with Crippen LogP contribution in [-0.2, 0) is 11.2 Å². The molecule has 0 radical (unpaired) electrons. The number of hydrogen-bond acceptors (Lipinski definition) is 3. The summed E-state index contributed by atoms with van der Waals surface area (Å²) in [6.45, 7) is 1.84. The predicted octanol–water partition coefficient (Wildman–Crippen LogP) is 3.77. The molecule has 2 aromatic rings. The number of methoxy groups -OCH3 is 1. The standard InChI is InChI=1S/C17H17ClO4/c1-10-7-13(22-2)4-5-14(10)15(17(20)21)9-11-8-12(18)3-6-16(11)19/h3-8,15,19H,9H2,1-2H3,(H,20,21). The fourth-order valence-electron chi connectivity index (χ4n) is 2.43. The molecule has 2 N–H and O–H groups in total. The first-order valence-corrected chi connectivity index (χ1v) is 7.15. The fraction of sp³-hybridized carbons (Fsp3) is 0.235. The Balaban J connectivity index is 2.39. The van der Waals surface area contributed by atoms with E-state index in [4.69, 9.17) is 16.3 Å². The number of hydrogen-bond donors (Lipinski definition) is 2. The average Bonchev–Trinajstić information content (AvgIpc) is 2.48. The number of aryl methyl sites for hydroxylation is 1. The molecule has 1 atom stereocenters. The van der Waals surface area contributed by atoms with Gasteiger partial charge in [-0.25, -0.2) is 0 Å². The van der Waals surface area contributed by atoms with E-state index in [0.717, 1.165) is 5.56 Å². The maximum Gasteiger partial charge on any atom is 0.311 e. The second-order valence-corrected chi connectivity index (χ2v) is 5.53. The highest BCUT2D eigenvalue weighted by Crippen LogP contribution is 2.31. The number of halogens is 1. The first-order chi connectivity index (χ1) is 10.4. The van der Waals surface area contributed by atoms with E-state index >= 15 is 0 Å². The van der Waals surface area contributed by atoms with Gasteiger partial charge in [0.1, 0.15) is 11.5 Å². The summed E-state index contributed by atoms with van der Waals surface area (Å²) in [5, 5.41) is 19.9. The second-order valence-electron chi connectivity index (χ2n) is 5.09. The van der Waals surface area contributed by atoms with Crippen LogP contribution in [0.3, 0.4) is 0 Å². The Morgan fingerprint density at radius 3 is 2.59 bits per heavy atom. The van der Waals surface area contributed by atoms with Crippen LogP contribution < -0.4 is 4.74 Å². The minimum atomic E-state index is -0.951. The number of aromatic hydroxyl groups is 1. The molecule has 22 heavy (non-hydrogen) atoms. The Morgan fingerprint density at radius 2 is 2.00 bits per heavy atom. The number of carboxylic acid groups (broad SMARTS) is 1. The van der Waals surface area contributed by atoms with Crippen molar-refractivity contribution >= 4 is 17.6 Å². The molecule has 0 heterocycles. The van der Waals surface area contributed by atoms with E-state index in [1.165, 1.54) is 6.07 Å². The molecule has 2 aromatic carbocycles. The van der Waals surface area contributed by atoms with Crippen LogP contribution >= 0.6 is 11.6 Å². The number of ether oxygens (including phenoxy) is 1. The van der Waals surface area contributed by atoms with Crippen molar-refractivity contribution < 1.29 is 19.7 Å². The van der Waals surface area contributed by atoms with Gasteiger partial charge in [-0.3, -0.25) is 4.79 Å². The molecule has 5 heteroatoms. The molecule has 4 nitrogen and oxygen atoms in total. The van der Waals surface area contributed by atoms with Crippen LogP contribution in [0.25, 0.3) is 0 Å². The number of benzene rings is 2. The van der Waals surface area contributed by atoms with E-state index in [0.29, 0.717) is 21.9 Å². The summed E-state index contributed by atoms with van der Waals surface area (Å²) in [5.74, 6) is -0.999. The zero-order chi connectivity index (χ0) is 16.3. The van der Waals surface area contributed by atoms with Gasteiger partial charge in [-0.15, -0.1) is 0 Å². The van der Waals surface area contributed by atoms with Crippen LogP contribution in [0.2, 0.25) is 5.02 Å². The number of carbonyl (C=O) groups is 1. The van der Waals surface area contributed by atoms with Crippen molar-refractivity contribution in [2.75, 3.05) is 7.11 Å². The molecule has 0 saturated heterocycles. The van der Waals surface area contributed by atoms with Crippen molar-refractivity contribution in [1.29, 1.82) is 0 Å². The van der Waals surface area contributed by atoms with Gasteiger partial charge in [-0.05, 0) is 60.4 Å². The number of aliphatic carboxylic acids is 1. The third kappa shape index (κ3) is 3.52. The smallest absolute Gasteiger partial charge is 0.311 e. The average molecular weight is 321 g/mol. The topological polar surface area (TPSA) is 66.8 Å². The van der Waals surface area contributed by atoms with Crippen LogP contribution in [0, 0.1) is 6.92 Å². The summed E-state index contributed by atoms with van der Waals surface area (Å²) >= 11 is 5.92. The zero-order valence-electron chi connectivity index (χ0n) is 12.3. The van der Waals surface area contributed by atoms with Crippen molar-refractivity contribution in [3.8, 4) is 11.5 Å². The molecule has 0 saturated carbocycles. The van der Waals surface area contributed by atoms with Gasteiger partial charge in [-0.2, -0.15) is 0 Å². The lowest BCUT2D eigenvalue weighted by atomic mass is 9.89. The minimum absolute atomic E-state index is 0.0433. The SMILES string of the molecule is COc1ccc(C(Cc2cc(Cl)ccc2O)C(=O)O)c(C)c1. The Bertz CT molecular complexity index is 697. The van der Waals surface area contributed by atoms with E-state index in [1.54, 1.807) is 37.4 Å². The van der Waals surface area contributed by atoms with E-state index in [9.17, 15) is 15.0 Å². The van der Waals surface area contributed by atoms with E-state index in [2.05, 4.69) is 0 Å². The van der Waals surface area contributed by atoms with E-state index in [-0.39, 0.29) is 12.2 Å². The molecular formula is C17H17ClO4. The summed E-state index contributed by atoms with van der Waals surface area (Å²) in [5.41, 5.74) is 2.02. The van der Waals surface area contributed by atoms with Crippen LogP contribution in [0.5, 0.6) is 11.5 Å². The normalized spacial score (nSPS) is 12.0. The van der Waals surface area contributed by atoms with Crippen LogP contribution in [-0.4, -0.2) is 23.3 Å². The van der Waals surface area contributed by atoms with Crippen molar-refractivity contribution in [1.82, 2.24) is 0 Å². The van der Waals surface area contributed by atoms with Crippen molar-refractivity contribution in [2.45, 2.75) is 19.3 Å². The van der Waals surface area contributed by atoms with Crippen LogP contribution in [0.15, 0.2) is 36.4 Å². The lowest BCUT2D eigenvalue weighted by Crippen LogP contribution is -2.15. The van der Waals surface area contributed by atoms with Gasteiger partial charge in [0.25, 0.3) is 0 Å². The number of phenolic OH excluding ortho intramolecular Hbond substituents is 1. The molecular weight excluding hydrogens is 304 g/mol. The first-order valence-electron chi connectivity index (χ1n) is 6.77. The summed E-state index contributed by atoms with van der Waals surface area (Å²) < 4.78 is 5.14. The van der Waals surface area contributed by atoms with Gasteiger partial charge in [0.05, 0.1) is 13.0 Å². The molecule has 0 bridgehead atoms. The molecule has 0 aromatic heterocycles. The highest BCUT2D eigenvalue weighted by molar-refractivity contribution is 6.30. The quantitative estimate of drug-likeness (QED) is 0.880. The lowest BCUT2D eigenvalue weighted by Gasteiger charge is -2.17. The summed E-state index contributed by atoms with van der Waals surface area (Å²) in [4.78, 5) is 11.7. The monoisotopic (exact) mass is 320 g/mol. The van der Waals surface area contributed by atoms with E-state index < -0.39 is 11.9 Å². The summed E-state index contributed by atoms with van der Waals surface area (Å²) in [6, 6.07) is 9.89. The van der Waals surface area contributed by atoms with E-state index in [1.807, 2.05) is 6.92 Å². The van der Waals surface area contributed by atoms with Gasteiger partial charge in [0.15, 0.2) is 0 Å². The molecule has 0 amide bonds. The molecule has 116 valence electrons. The Kier molecular flexibility index (Phi) is 4.93. The summed E-state index contributed by atoms with van der Waals surface area (Å²) in [7, 11) is 1.56.